The highest BCUT2D eigenvalue weighted by molar-refractivity contribution is 6.07. The van der Waals surface area contributed by atoms with Gasteiger partial charge in [-0.1, -0.05) is 164 Å². The van der Waals surface area contributed by atoms with E-state index in [-0.39, 0.29) is 0 Å². The molecule has 1 unspecified atom stereocenters. The lowest BCUT2D eigenvalue weighted by molar-refractivity contribution is 0.800. The zero-order valence-corrected chi connectivity index (χ0v) is 29.7. The molecule has 3 heteroatoms. The number of fused-ring (bicyclic) bond motifs is 15. The van der Waals surface area contributed by atoms with Crippen LogP contribution in [-0.2, 0) is 5.41 Å². The van der Waals surface area contributed by atoms with Crippen molar-refractivity contribution in [3.8, 4) is 56.0 Å². The van der Waals surface area contributed by atoms with Gasteiger partial charge in [0, 0.05) is 44.6 Å². The van der Waals surface area contributed by atoms with Crippen molar-refractivity contribution in [2.45, 2.75) is 5.41 Å². The van der Waals surface area contributed by atoms with E-state index in [2.05, 4.69) is 181 Å². The maximum Gasteiger partial charge on any atom is 0.0972 e. The van der Waals surface area contributed by atoms with Crippen LogP contribution in [0.1, 0.15) is 22.3 Å². The van der Waals surface area contributed by atoms with E-state index in [1.165, 1.54) is 60.8 Å². The second kappa shape index (κ2) is 11.4. The Morgan fingerprint density at radius 3 is 1.84 bits per heavy atom. The molecular weight excluding hydrogens is 667 g/mol. The van der Waals surface area contributed by atoms with Crippen molar-refractivity contribution in [1.29, 1.82) is 0 Å². The third-order valence-corrected chi connectivity index (χ3v) is 11.9. The molecule has 3 heterocycles. The molecule has 1 spiro atoms. The number of nitrogens with zero attached hydrogens (tertiary/aromatic N) is 3. The maximum absolute atomic E-state index is 5.60. The fraction of sp³-hybridized carbons (Fsp3) is 0.0192. The number of benzene rings is 7. The van der Waals surface area contributed by atoms with Gasteiger partial charge in [-0.05, 0) is 62.5 Å². The van der Waals surface area contributed by atoms with E-state index in [9.17, 15) is 0 Å². The third-order valence-electron chi connectivity index (χ3n) is 11.9. The van der Waals surface area contributed by atoms with Gasteiger partial charge < -0.3 is 0 Å². The summed E-state index contributed by atoms with van der Waals surface area (Å²) in [6.45, 7) is 0. The van der Waals surface area contributed by atoms with Crippen molar-refractivity contribution >= 4 is 32.6 Å². The molecule has 0 fully saturated rings. The second-order valence-electron chi connectivity index (χ2n) is 14.7. The highest BCUT2D eigenvalue weighted by Gasteiger charge is 2.53. The summed E-state index contributed by atoms with van der Waals surface area (Å²) in [4.78, 5) is 15.4. The highest BCUT2D eigenvalue weighted by Crippen LogP contribution is 2.64. The van der Waals surface area contributed by atoms with Crippen molar-refractivity contribution in [2.75, 3.05) is 0 Å². The molecule has 0 radical (unpaired) electrons. The van der Waals surface area contributed by atoms with Crippen LogP contribution in [0.25, 0.3) is 88.6 Å². The van der Waals surface area contributed by atoms with Crippen molar-refractivity contribution in [2.24, 2.45) is 0 Å². The van der Waals surface area contributed by atoms with Crippen LogP contribution in [0.4, 0.5) is 0 Å². The molecule has 10 aromatic rings. The largest absolute Gasteiger partial charge is 0.254 e. The summed E-state index contributed by atoms with van der Waals surface area (Å²) in [5.74, 6) is 0. The SMILES string of the molecule is c1ccc(-c2nc3c(c4ccccc24)C2(c4ccccc4-c4ccc(-c5ccc(-c6ccc7ccc8cccnc8c7n6)cc5)cc42)c2ccccc2-3)cc1. The van der Waals surface area contributed by atoms with E-state index in [1.54, 1.807) is 0 Å². The molecule has 2 aliphatic carbocycles. The molecule has 0 N–H and O–H groups in total. The van der Waals surface area contributed by atoms with Crippen molar-refractivity contribution in [3.05, 3.63) is 210 Å². The molecule has 12 rings (SSSR count). The molecule has 0 bridgehead atoms. The molecule has 3 aromatic heterocycles. The predicted octanol–water partition coefficient (Wildman–Crippen LogP) is 12.7. The van der Waals surface area contributed by atoms with E-state index in [1.807, 2.05) is 12.3 Å². The van der Waals surface area contributed by atoms with Gasteiger partial charge in [0.2, 0.25) is 0 Å². The van der Waals surface area contributed by atoms with E-state index < -0.39 is 5.41 Å². The fourth-order valence-corrected chi connectivity index (χ4v) is 9.54. The zero-order chi connectivity index (χ0) is 36.1. The van der Waals surface area contributed by atoms with Gasteiger partial charge in [0.25, 0.3) is 0 Å². The normalized spacial score (nSPS) is 15.0. The number of hydrogen-bond donors (Lipinski definition) is 0. The predicted molar refractivity (Wildman–Crippen MR) is 225 cm³/mol. The van der Waals surface area contributed by atoms with Gasteiger partial charge in [-0.2, -0.15) is 0 Å². The Hall–Kier alpha value is -7.23. The van der Waals surface area contributed by atoms with Crippen LogP contribution in [-0.4, -0.2) is 15.0 Å². The Labute approximate surface area is 318 Å². The summed E-state index contributed by atoms with van der Waals surface area (Å²) < 4.78 is 0. The van der Waals surface area contributed by atoms with Crippen molar-refractivity contribution < 1.29 is 0 Å². The lowest BCUT2D eigenvalue weighted by atomic mass is 9.69. The Morgan fingerprint density at radius 1 is 0.364 bits per heavy atom. The molecule has 254 valence electrons. The summed E-state index contributed by atoms with van der Waals surface area (Å²) in [7, 11) is 0. The first-order chi connectivity index (χ1) is 27.3. The Balaban J connectivity index is 1.06. The Kier molecular flexibility index (Phi) is 6.26. The zero-order valence-electron chi connectivity index (χ0n) is 29.7. The standard InChI is InChI=1S/C52H31N3/c1-2-11-34(12-3-1)48-41-16-5-4-15-40(41)47-51(55-48)42-17-7-9-19-44(42)52(47)43-18-8-6-14-38(43)39-28-26-37(31-45(39)52)32-20-22-33(23-21-32)46-29-27-36-25-24-35-13-10-30-53-49(35)50(36)54-46/h1-31H. The molecule has 0 amide bonds. The van der Waals surface area contributed by atoms with Crippen LogP contribution in [0.15, 0.2) is 188 Å². The summed E-state index contributed by atoms with van der Waals surface area (Å²) in [5.41, 5.74) is 17.8. The highest BCUT2D eigenvalue weighted by atomic mass is 14.8. The van der Waals surface area contributed by atoms with E-state index in [0.29, 0.717) is 0 Å². The van der Waals surface area contributed by atoms with Gasteiger partial charge in [0.05, 0.1) is 33.5 Å². The number of rotatable bonds is 3. The van der Waals surface area contributed by atoms with Gasteiger partial charge in [0.15, 0.2) is 0 Å². The van der Waals surface area contributed by atoms with Gasteiger partial charge in [-0.15, -0.1) is 0 Å². The van der Waals surface area contributed by atoms with Gasteiger partial charge in [-0.25, -0.2) is 9.97 Å². The molecule has 0 saturated heterocycles. The minimum Gasteiger partial charge on any atom is -0.254 e. The van der Waals surface area contributed by atoms with E-state index >= 15 is 0 Å². The Bertz CT molecular complexity index is 3200. The molecule has 7 aromatic carbocycles. The summed E-state index contributed by atoms with van der Waals surface area (Å²) in [6.07, 6.45) is 1.84. The summed E-state index contributed by atoms with van der Waals surface area (Å²) in [6, 6.07) is 65.9. The molecule has 2 aliphatic rings. The van der Waals surface area contributed by atoms with Crippen LogP contribution in [0.5, 0.6) is 0 Å². The first kappa shape index (κ1) is 30.3. The average molecular weight is 698 g/mol. The molecule has 3 nitrogen and oxygen atoms in total. The third kappa shape index (κ3) is 4.18. The topological polar surface area (TPSA) is 38.7 Å². The molecule has 1 atom stereocenters. The van der Waals surface area contributed by atoms with Crippen LogP contribution >= 0.6 is 0 Å². The quantitative estimate of drug-likeness (QED) is 0.173. The van der Waals surface area contributed by atoms with Crippen molar-refractivity contribution in [3.63, 3.8) is 0 Å². The lowest BCUT2D eigenvalue weighted by Crippen LogP contribution is -2.26. The van der Waals surface area contributed by atoms with Gasteiger partial charge >= 0.3 is 0 Å². The maximum atomic E-state index is 5.60. The molecular formula is C52H31N3. The van der Waals surface area contributed by atoms with Crippen LogP contribution in [0, 0.1) is 0 Å². The minimum atomic E-state index is -0.526. The van der Waals surface area contributed by atoms with Crippen LogP contribution in [0.2, 0.25) is 0 Å². The average Bonchev–Trinajstić information content (AvgIpc) is 3.73. The van der Waals surface area contributed by atoms with Crippen LogP contribution < -0.4 is 0 Å². The van der Waals surface area contributed by atoms with E-state index in [4.69, 9.17) is 9.97 Å². The van der Waals surface area contributed by atoms with Gasteiger partial charge in [-0.3, -0.25) is 4.98 Å². The molecule has 55 heavy (non-hydrogen) atoms. The summed E-state index contributed by atoms with van der Waals surface area (Å²) in [5, 5.41) is 4.60. The first-order valence-electron chi connectivity index (χ1n) is 18.9. The summed E-state index contributed by atoms with van der Waals surface area (Å²) >= 11 is 0. The van der Waals surface area contributed by atoms with E-state index in [0.717, 1.165) is 50.0 Å². The number of aromatic nitrogens is 3. The molecule has 0 aliphatic heterocycles. The number of hydrogen-bond acceptors (Lipinski definition) is 3. The van der Waals surface area contributed by atoms with Crippen molar-refractivity contribution in [1.82, 2.24) is 15.0 Å². The number of pyridine rings is 3. The van der Waals surface area contributed by atoms with Crippen LogP contribution in [0.3, 0.4) is 0 Å². The fourth-order valence-electron chi connectivity index (χ4n) is 9.54. The van der Waals surface area contributed by atoms with Gasteiger partial charge in [0.1, 0.15) is 0 Å². The first-order valence-corrected chi connectivity index (χ1v) is 18.9. The lowest BCUT2D eigenvalue weighted by Gasteiger charge is -2.31. The second-order valence-corrected chi connectivity index (χ2v) is 14.7. The smallest absolute Gasteiger partial charge is 0.0972 e. The molecule has 0 saturated carbocycles. The minimum absolute atomic E-state index is 0.526. The Morgan fingerprint density at radius 2 is 1.00 bits per heavy atom. The monoisotopic (exact) mass is 697 g/mol.